The summed E-state index contributed by atoms with van der Waals surface area (Å²) in [6, 6.07) is 6.93. The van der Waals surface area contributed by atoms with Gasteiger partial charge in [-0.2, -0.15) is 0 Å². The number of carbonyl (C=O) groups excluding carboxylic acids is 4. The molecule has 0 aliphatic carbocycles. The smallest absolute Gasteiger partial charge is 0.407 e. The van der Waals surface area contributed by atoms with Gasteiger partial charge in [0.05, 0.1) is 12.1 Å². The SMILES string of the molecule is CCCN(CCC)C(=O)c1cc(C)cc(C(=O)N[C@H](Cc2cc(F)cc(F)c2)[C@@H](O)CCNC(=O)CCCCCNC(=O)OC(C)(C)C)c1. The van der Waals surface area contributed by atoms with E-state index in [1.807, 2.05) is 13.8 Å². The van der Waals surface area contributed by atoms with E-state index in [1.54, 1.807) is 44.7 Å². The van der Waals surface area contributed by atoms with Crippen LogP contribution in [0.25, 0.3) is 0 Å². The topological polar surface area (TPSA) is 137 Å². The molecule has 12 heteroatoms. The number of carbonyl (C=O) groups is 4. The summed E-state index contributed by atoms with van der Waals surface area (Å²) in [6.45, 7) is 12.8. The van der Waals surface area contributed by atoms with Gasteiger partial charge in [-0.05, 0) is 108 Å². The van der Waals surface area contributed by atoms with Gasteiger partial charge in [0.1, 0.15) is 17.2 Å². The lowest BCUT2D eigenvalue weighted by molar-refractivity contribution is -0.121. The predicted molar refractivity (Wildman–Crippen MR) is 185 cm³/mol. The quantitative estimate of drug-likeness (QED) is 0.137. The molecule has 4 amide bonds. The van der Waals surface area contributed by atoms with Gasteiger partial charge in [0.25, 0.3) is 11.8 Å². The molecule has 0 saturated carbocycles. The number of hydrogen-bond acceptors (Lipinski definition) is 6. The van der Waals surface area contributed by atoms with Gasteiger partial charge < -0.3 is 30.7 Å². The number of ether oxygens (including phenoxy) is 1. The van der Waals surface area contributed by atoms with Gasteiger partial charge in [0.2, 0.25) is 5.91 Å². The second kappa shape index (κ2) is 20.5. The van der Waals surface area contributed by atoms with E-state index in [2.05, 4.69) is 16.0 Å². The number of aliphatic hydroxyl groups excluding tert-OH is 1. The first-order chi connectivity index (χ1) is 23.1. The van der Waals surface area contributed by atoms with Crippen molar-refractivity contribution >= 4 is 23.8 Å². The van der Waals surface area contributed by atoms with Crippen LogP contribution in [-0.2, 0) is 16.0 Å². The Kier molecular flexibility index (Phi) is 17.2. The van der Waals surface area contributed by atoms with Crippen molar-refractivity contribution in [2.45, 2.75) is 111 Å². The lowest BCUT2D eigenvalue weighted by atomic mass is 9.97. The lowest BCUT2D eigenvalue weighted by Gasteiger charge is -2.25. The molecule has 0 aliphatic rings. The number of alkyl carbamates (subject to hydrolysis) is 1. The van der Waals surface area contributed by atoms with Gasteiger partial charge in [-0.25, -0.2) is 13.6 Å². The number of nitrogens with zero attached hydrogens (tertiary/aromatic N) is 1. The Balaban J connectivity index is 2.02. The zero-order valence-electron chi connectivity index (χ0n) is 29.8. The zero-order chi connectivity index (χ0) is 36.6. The molecule has 2 aromatic rings. The Hall–Kier alpha value is -4.06. The van der Waals surface area contributed by atoms with E-state index in [9.17, 15) is 33.1 Å². The van der Waals surface area contributed by atoms with Gasteiger partial charge in [-0.15, -0.1) is 0 Å². The number of aliphatic hydroxyl groups is 1. The van der Waals surface area contributed by atoms with Crippen LogP contribution in [0.2, 0.25) is 0 Å². The number of halogens is 2. The highest BCUT2D eigenvalue weighted by atomic mass is 19.1. The molecule has 0 bridgehead atoms. The van der Waals surface area contributed by atoms with Crippen LogP contribution in [-0.4, -0.2) is 77.7 Å². The van der Waals surface area contributed by atoms with Gasteiger partial charge >= 0.3 is 6.09 Å². The van der Waals surface area contributed by atoms with Crippen LogP contribution in [0.15, 0.2) is 36.4 Å². The number of hydrogen-bond donors (Lipinski definition) is 4. The number of aryl methyl sites for hydroxylation is 1. The number of unbranched alkanes of at least 4 members (excludes halogenated alkanes) is 2. The standard InChI is InChI=1S/C37H54F2N4O6/c1-7-16-43(17-8-2)35(47)28-19-25(3)18-27(23-28)34(46)42-31(22-26-20-29(38)24-30(39)21-26)32(44)13-15-40-33(45)12-10-9-11-14-41-36(48)49-37(4,5)6/h18-21,23-24,31-32,44H,7-17,22H2,1-6H3,(H,40,45)(H,41,48)(H,42,46)/t31-,32+/m1/s1. The van der Waals surface area contributed by atoms with Crippen LogP contribution in [0, 0.1) is 18.6 Å². The molecule has 10 nitrogen and oxygen atoms in total. The molecule has 0 aromatic heterocycles. The molecule has 0 saturated heterocycles. The van der Waals surface area contributed by atoms with Gasteiger partial charge in [0, 0.05) is 49.8 Å². The maximum absolute atomic E-state index is 14.0. The number of benzene rings is 2. The van der Waals surface area contributed by atoms with E-state index in [1.165, 1.54) is 6.07 Å². The normalized spacial score (nSPS) is 12.5. The summed E-state index contributed by atoms with van der Waals surface area (Å²) >= 11 is 0. The molecule has 0 fully saturated rings. The third-order valence-electron chi connectivity index (χ3n) is 7.53. The van der Waals surface area contributed by atoms with Crippen molar-refractivity contribution in [1.29, 1.82) is 0 Å². The van der Waals surface area contributed by atoms with E-state index in [4.69, 9.17) is 4.74 Å². The number of amides is 4. The van der Waals surface area contributed by atoms with E-state index in [-0.39, 0.29) is 48.7 Å². The van der Waals surface area contributed by atoms with Crippen molar-refractivity contribution in [3.63, 3.8) is 0 Å². The highest BCUT2D eigenvalue weighted by Crippen LogP contribution is 2.17. The summed E-state index contributed by atoms with van der Waals surface area (Å²) in [7, 11) is 0. The Morgan fingerprint density at radius 3 is 2.10 bits per heavy atom. The first-order valence-electron chi connectivity index (χ1n) is 17.2. The first-order valence-corrected chi connectivity index (χ1v) is 17.2. The molecule has 2 atom stereocenters. The van der Waals surface area contributed by atoms with E-state index in [0.717, 1.165) is 31.0 Å². The second-order valence-corrected chi connectivity index (χ2v) is 13.4. The monoisotopic (exact) mass is 688 g/mol. The van der Waals surface area contributed by atoms with Gasteiger partial charge in [-0.3, -0.25) is 14.4 Å². The van der Waals surface area contributed by atoms with Crippen LogP contribution in [0.4, 0.5) is 13.6 Å². The Labute approximate surface area is 289 Å². The van der Waals surface area contributed by atoms with E-state index >= 15 is 0 Å². The first kappa shape index (κ1) is 41.1. The van der Waals surface area contributed by atoms with Crippen molar-refractivity contribution in [2.24, 2.45) is 0 Å². The zero-order valence-corrected chi connectivity index (χ0v) is 29.8. The highest BCUT2D eigenvalue weighted by molar-refractivity contribution is 6.00. The minimum atomic E-state index is -1.18. The van der Waals surface area contributed by atoms with E-state index < -0.39 is 41.4 Å². The van der Waals surface area contributed by atoms with Crippen molar-refractivity contribution < 1.29 is 37.8 Å². The molecule has 0 heterocycles. The molecule has 0 aliphatic heterocycles. The molecule has 0 spiro atoms. The number of rotatable bonds is 19. The molecule has 272 valence electrons. The molecule has 0 radical (unpaired) electrons. The Bertz CT molecular complexity index is 1370. The van der Waals surface area contributed by atoms with Crippen LogP contribution in [0.1, 0.15) is 111 Å². The third-order valence-corrected chi connectivity index (χ3v) is 7.53. The fraction of sp³-hybridized carbons (Fsp3) is 0.568. The van der Waals surface area contributed by atoms with Crippen LogP contribution < -0.4 is 16.0 Å². The third kappa shape index (κ3) is 15.8. The van der Waals surface area contributed by atoms with Gasteiger partial charge in [0.15, 0.2) is 0 Å². The summed E-state index contributed by atoms with van der Waals surface area (Å²) in [5.74, 6) is -2.51. The largest absolute Gasteiger partial charge is 0.444 e. The molecule has 49 heavy (non-hydrogen) atoms. The molecule has 2 aromatic carbocycles. The van der Waals surface area contributed by atoms with Crippen LogP contribution >= 0.6 is 0 Å². The Morgan fingerprint density at radius 1 is 0.857 bits per heavy atom. The summed E-state index contributed by atoms with van der Waals surface area (Å²) in [4.78, 5) is 52.6. The fourth-order valence-corrected chi connectivity index (χ4v) is 5.33. The highest BCUT2D eigenvalue weighted by Gasteiger charge is 2.25. The van der Waals surface area contributed by atoms with Crippen molar-refractivity contribution in [3.8, 4) is 0 Å². The minimum Gasteiger partial charge on any atom is -0.444 e. The minimum absolute atomic E-state index is 0.0643. The van der Waals surface area contributed by atoms with Crippen LogP contribution in [0.3, 0.4) is 0 Å². The maximum atomic E-state index is 14.0. The molecule has 0 unspecified atom stereocenters. The predicted octanol–water partition coefficient (Wildman–Crippen LogP) is 5.83. The van der Waals surface area contributed by atoms with Crippen molar-refractivity contribution in [1.82, 2.24) is 20.9 Å². The summed E-state index contributed by atoms with van der Waals surface area (Å²) in [5, 5.41) is 19.4. The summed E-state index contributed by atoms with van der Waals surface area (Å²) in [5.41, 5.74) is 0.958. The molecular weight excluding hydrogens is 634 g/mol. The average molecular weight is 689 g/mol. The maximum Gasteiger partial charge on any atom is 0.407 e. The fourth-order valence-electron chi connectivity index (χ4n) is 5.33. The second-order valence-electron chi connectivity index (χ2n) is 13.4. The summed E-state index contributed by atoms with van der Waals surface area (Å²) < 4.78 is 33.2. The Morgan fingerprint density at radius 2 is 1.49 bits per heavy atom. The number of nitrogens with one attached hydrogen (secondary N) is 3. The molecular formula is C37H54F2N4O6. The van der Waals surface area contributed by atoms with Crippen molar-refractivity contribution in [2.75, 3.05) is 26.2 Å². The lowest BCUT2D eigenvalue weighted by Crippen LogP contribution is -2.46. The van der Waals surface area contributed by atoms with Gasteiger partial charge in [-0.1, -0.05) is 20.3 Å². The van der Waals surface area contributed by atoms with E-state index in [0.29, 0.717) is 50.0 Å². The molecule has 2 rings (SSSR count). The van der Waals surface area contributed by atoms with Crippen LogP contribution in [0.5, 0.6) is 0 Å². The van der Waals surface area contributed by atoms with Crippen molar-refractivity contribution in [3.05, 3.63) is 70.3 Å². The average Bonchev–Trinajstić information content (AvgIpc) is 3.00. The molecule has 4 N–H and O–H groups in total. The summed E-state index contributed by atoms with van der Waals surface area (Å²) in [6.07, 6.45) is 2.16.